The van der Waals surface area contributed by atoms with Crippen molar-refractivity contribution in [3.8, 4) is 5.75 Å². The molecule has 0 bridgehead atoms. The molecule has 4 heteroatoms. The third-order valence-electron chi connectivity index (χ3n) is 3.61. The van der Waals surface area contributed by atoms with Gasteiger partial charge in [-0.1, -0.05) is 19.1 Å². The molecule has 1 atom stereocenters. The summed E-state index contributed by atoms with van der Waals surface area (Å²) in [5.41, 5.74) is 2.72. The first-order valence-corrected chi connectivity index (χ1v) is 8.68. The molecule has 1 aliphatic rings. The largest absolute Gasteiger partial charge is 0.493 e. The van der Waals surface area contributed by atoms with Crippen LogP contribution in [0.1, 0.15) is 36.9 Å². The van der Waals surface area contributed by atoms with Crippen LogP contribution in [0.4, 0.5) is 0 Å². The van der Waals surface area contributed by atoms with Gasteiger partial charge in [0.15, 0.2) is 0 Å². The predicted molar refractivity (Wildman–Crippen MR) is 85.7 cm³/mol. The molecular formula is C16H25NO2S. The predicted octanol–water partition coefficient (Wildman–Crippen LogP) is 2.78. The zero-order valence-electron chi connectivity index (χ0n) is 12.2. The lowest BCUT2D eigenvalue weighted by molar-refractivity contribution is 0.296. The molecule has 0 spiro atoms. The number of ether oxygens (including phenoxy) is 1. The lowest BCUT2D eigenvalue weighted by Crippen LogP contribution is -2.23. The van der Waals surface area contributed by atoms with Gasteiger partial charge in [0.05, 0.1) is 6.61 Å². The Kier molecular flexibility index (Phi) is 6.70. The van der Waals surface area contributed by atoms with E-state index < -0.39 is 0 Å². The maximum atomic E-state index is 8.74. The Balaban J connectivity index is 1.79. The average Bonchev–Trinajstić information content (AvgIpc) is 2.94. The summed E-state index contributed by atoms with van der Waals surface area (Å²) in [5.74, 6) is 3.21. The fourth-order valence-electron chi connectivity index (χ4n) is 2.50. The monoisotopic (exact) mass is 295 g/mol. The van der Waals surface area contributed by atoms with Crippen LogP contribution in [0.3, 0.4) is 0 Å². The summed E-state index contributed by atoms with van der Waals surface area (Å²) in [6.45, 7) is 4.36. The number of rotatable bonds is 9. The van der Waals surface area contributed by atoms with Crippen LogP contribution >= 0.6 is 11.8 Å². The van der Waals surface area contributed by atoms with E-state index in [0.29, 0.717) is 12.6 Å². The second kappa shape index (κ2) is 8.55. The highest BCUT2D eigenvalue weighted by Gasteiger charge is 2.15. The van der Waals surface area contributed by atoms with Crippen molar-refractivity contribution in [3.05, 3.63) is 29.3 Å². The summed E-state index contributed by atoms with van der Waals surface area (Å²) in [4.78, 5) is 0. The molecule has 0 saturated carbocycles. The van der Waals surface area contributed by atoms with Crippen LogP contribution in [0.2, 0.25) is 0 Å². The highest BCUT2D eigenvalue weighted by Crippen LogP contribution is 2.29. The van der Waals surface area contributed by atoms with Gasteiger partial charge in [-0.05, 0) is 35.8 Å². The molecule has 1 aliphatic heterocycles. The molecule has 0 saturated heterocycles. The van der Waals surface area contributed by atoms with Gasteiger partial charge < -0.3 is 15.2 Å². The van der Waals surface area contributed by atoms with E-state index in [4.69, 9.17) is 9.84 Å². The number of thioether (sulfide) groups is 1. The molecule has 0 aromatic heterocycles. The number of hydrogen-bond donors (Lipinski definition) is 2. The molecule has 2 rings (SSSR count). The topological polar surface area (TPSA) is 41.5 Å². The summed E-state index contributed by atoms with van der Waals surface area (Å²) in [7, 11) is 0. The molecule has 1 aromatic carbocycles. The third-order valence-corrected chi connectivity index (χ3v) is 4.68. The van der Waals surface area contributed by atoms with E-state index in [9.17, 15) is 0 Å². The molecular weight excluding hydrogens is 270 g/mol. The number of nitrogens with one attached hydrogen (secondary N) is 1. The van der Waals surface area contributed by atoms with Crippen molar-refractivity contribution in [2.45, 2.75) is 32.2 Å². The molecule has 1 aromatic rings. The summed E-state index contributed by atoms with van der Waals surface area (Å²) in [6.07, 6.45) is 3.03. The van der Waals surface area contributed by atoms with E-state index in [1.54, 1.807) is 0 Å². The molecule has 0 aliphatic carbocycles. The quantitative estimate of drug-likeness (QED) is 0.687. The highest BCUT2D eigenvalue weighted by atomic mass is 32.2. The van der Waals surface area contributed by atoms with Crippen LogP contribution in [0.15, 0.2) is 18.2 Å². The van der Waals surface area contributed by atoms with E-state index in [1.807, 2.05) is 11.8 Å². The highest BCUT2D eigenvalue weighted by molar-refractivity contribution is 7.99. The van der Waals surface area contributed by atoms with Crippen molar-refractivity contribution in [1.82, 2.24) is 5.32 Å². The lowest BCUT2D eigenvalue weighted by Gasteiger charge is -2.18. The SMILES string of the molecule is CCC(NCCSCCCO)c1ccc2c(c1)CCO2. The van der Waals surface area contributed by atoms with Gasteiger partial charge in [-0.15, -0.1) is 0 Å². The first-order chi connectivity index (χ1) is 9.85. The summed E-state index contributed by atoms with van der Waals surface area (Å²) in [5, 5.41) is 12.4. The molecule has 3 nitrogen and oxygen atoms in total. The number of benzene rings is 1. The van der Waals surface area contributed by atoms with Crippen molar-refractivity contribution < 1.29 is 9.84 Å². The minimum atomic E-state index is 0.301. The second-order valence-electron chi connectivity index (χ2n) is 5.07. The van der Waals surface area contributed by atoms with Crippen molar-refractivity contribution in [2.24, 2.45) is 0 Å². The van der Waals surface area contributed by atoms with Gasteiger partial charge in [-0.3, -0.25) is 0 Å². The maximum absolute atomic E-state index is 8.74. The lowest BCUT2D eigenvalue weighted by atomic mass is 10.0. The van der Waals surface area contributed by atoms with Crippen molar-refractivity contribution >= 4 is 11.8 Å². The van der Waals surface area contributed by atoms with Crippen molar-refractivity contribution in [3.63, 3.8) is 0 Å². The average molecular weight is 295 g/mol. The van der Waals surface area contributed by atoms with E-state index in [-0.39, 0.29) is 0 Å². The van der Waals surface area contributed by atoms with Gasteiger partial charge in [0, 0.05) is 31.4 Å². The van der Waals surface area contributed by atoms with E-state index in [1.165, 1.54) is 11.1 Å². The number of aliphatic hydroxyl groups excluding tert-OH is 1. The second-order valence-corrected chi connectivity index (χ2v) is 6.29. The molecule has 112 valence electrons. The molecule has 2 N–H and O–H groups in total. The van der Waals surface area contributed by atoms with E-state index >= 15 is 0 Å². The van der Waals surface area contributed by atoms with Crippen LogP contribution in [0.25, 0.3) is 0 Å². The third kappa shape index (κ3) is 4.40. The summed E-state index contributed by atoms with van der Waals surface area (Å²) < 4.78 is 5.56. The summed E-state index contributed by atoms with van der Waals surface area (Å²) in [6, 6.07) is 7.02. The molecule has 1 heterocycles. The standard InChI is InChI=1S/C16H25NO2S/c1-2-15(17-7-11-20-10-3-8-18)13-4-5-16-14(12-13)6-9-19-16/h4-5,12,15,17-18H,2-3,6-11H2,1H3. The Bertz CT molecular complexity index is 411. The Morgan fingerprint density at radius 1 is 1.40 bits per heavy atom. The van der Waals surface area contributed by atoms with E-state index in [0.717, 1.165) is 49.7 Å². The van der Waals surface area contributed by atoms with E-state index in [2.05, 4.69) is 30.4 Å². The Hall–Kier alpha value is -0.710. The summed E-state index contributed by atoms with van der Waals surface area (Å²) >= 11 is 1.90. The molecule has 0 fully saturated rings. The van der Waals surface area contributed by atoms with Gasteiger partial charge in [0.25, 0.3) is 0 Å². The van der Waals surface area contributed by atoms with Crippen LogP contribution < -0.4 is 10.1 Å². The molecule has 0 amide bonds. The fraction of sp³-hybridized carbons (Fsp3) is 0.625. The Morgan fingerprint density at radius 2 is 2.30 bits per heavy atom. The van der Waals surface area contributed by atoms with Crippen LogP contribution in [-0.4, -0.2) is 36.4 Å². The van der Waals surface area contributed by atoms with Crippen LogP contribution in [-0.2, 0) is 6.42 Å². The zero-order valence-corrected chi connectivity index (χ0v) is 13.0. The molecule has 1 unspecified atom stereocenters. The Morgan fingerprint density at radius 3 is 3.10 bits per heavy atom. The van der Waals surface area contributed by atoms with Crippen molar-refractivity contribution in [1.29, 1.82) is 0 Å². The molecule has 0 radical (unpaired) electrons. The number of aliphatic hydroxyl groups is 1. The minimum Gasteiger partial charge on any atom is -0.493 e. The fourth-order valence-corrected chi connectivity index (χ4v) is 3.29. The smallest absolute Gasteiger partial charge is 0.122 e. The van der Waals surface area contributed by atoms with Crippen molar-refractivity contribution in [2.75, 3.05) is 31.3 Å². The van der Waals surface area contributed by atoms with Gasteiger partial charge in [0.1, 0.15) is 5.75 Å². The number of hydrogen-bond acceptors (Lipinski definition) is 4. The molecule has 20 heavy (non-hydrogen) atoms. The van der Waals surface area contributed by atoms with Gasteiger partial charge >= 0.3 is 0 Å². The number of fused-ring (bicyclic) bond motifs is 1. The maximum Gasteiger partial charge on any atom is 0.122 e. The van der Waals surface area contributed by atoms with Gasteiger partial charge in [-0.2, -0.15) is 11.8 Å². The van der Waals surface area contributed by atoms with Crippen LogP contribution in [0, 0.1) is 0 Å². The first kappa shape index (κ1) is 15.7. The normalized spacial score (nSPS) is 14.9. The Labute approximate surface area is 126 Å². The first-order valence-electron chi connectivity index (χ1n) is 7.52. The minimum absolute atomic E-state index is 0.301. The van der Waals surface area contributed by atoms with Crippen LogP contribution in [0.5, 0.6) is 5.75 Å². The zero-order chi connectivity index (χ0) is 14.2. The van der Waals surface area contributed by atoms with Gasteiger partial charge in [-0.25, -0.2) is 0 Å². The van der Waals surface area contributed by atoms with Gasteiger partial charge in [0.2, 0.25) is 0 Å².